The summed E-state index contributed by atoms with van der Waals surface area (Å²) in [6.07, 6.45) is 1.94. The molecule has 70 valence electrons. The van der Waals surface area contributed by atoms with Gasteiger partial charge in [0.2, 0.25) is 11.8 Å². The van der Waals surface area contributed by atoms with Crippen LogP contribution in [-0.2, 0) is 0 Å². The molecule has 5 heteroatoms. The monoisotopic (exact) mass is 180 g/mol. The molecule has 0 saturated carbocycles. The van der Waals surface area contributed by atoms with Gasteiger partial charge in [0.15, 0.2) is 0 Å². The normalized spacial score (nSPS) is 16.4. The predicted molar refractivity (Wildman–Crippen MR) is 48.9 cm³/mol. The lowest BCUT2D eigenvalue weighted by molar-refractivity contribution is 0.136. The average Bonchev–Trinajstić information content (AvgIpc) is 2.12. The third-order valence-electron chi connectivity index (χ3n) is 1.89. The molecule has 1 aromatic heterocycles. The second kappa shape index (κ2) is 3.57. The van der Waals surface area contributed by atoms with Crippen LogP contribution in [0.15, 0.2) is 12.3 Å². The number of rotatable bonds is 3. The Morgan fingerprint density at radius 3 is 3.08 bits per heavy atom. The van der Waals surface area contributed by atoms with Crippen LogP contribution in [0.25, 0.3) is 0 Å². The first kappa shape index (κ1) is 8.25. The van der Waals surface area contributed by atoms with Gasteiger partial charge in [-0.25, -0.2) is 4.98 Å². The maximum atomic E-state index is 5.54. The summed E-state index contributed by atoms with van der Waals surface area (Å²) in [7, 11) is 1.78. The molecule has 13 heavy (non-hydrogen) atoms. The highest BCUT2D eigenvalue weighted by atomic mass is 16.5. The summed E-state index contributed by atoms with van der Waals surface area (Å²) >= 11 is 0. The van der Waals surface area contributed by atoms with Gasteiger partial charge in [-0.3, -0.25) is 0 Å². The highest BCUT2D eigenvalue weighted by Gasteiger charge is 2.18. The van der Waals surface area contributed by atoms with E-state index in [1.54, 1.807) is 19.3 Å². The standard InChI is InChI=1S/C8H12N4O/c1-9-8-11-3-2-7(12-8)13-6-4-10-5-6/h2-3,6,10H,4-5H2,1H3,(H,9,11,12). The maximum Gasteiger partial charge on any atom is 0.225 e. The van der Waals surface area contributed by atoms with Crippen molar-refractivity contribution in [3.05, 3.63) is 12.3 Å². The summed E-state index contributed by atoms with van der Waals surface area (Å²) in [5, 5.41) is 5.98. The van der Waals surface area contributed by atoms with Crippen molar-refractivity contribution in [2.75, 3.05) is 25.5 Å². The molecule has 2 rings (SSSR count). The first-order chi connectivity index (χ1) is 6.38. The minimum atomic E-state index is 0.264. The quantitative estimate of drug-likeness (QED) is 0.678. The topological polar surface area (TPSA) is 59.1 Å². The average molecular weight is 180 g/mol. The van der Waals surface area contributed by atoms with Crippen molar-refractivity contribution in [2.24, 2.45) is 0 Å². The number of anilines is 1. The lowest BCUT2D eigenvalue weighted by Crippen LogP contribution is -2.50. The molecule has 1 fully saturated rings. The van der Waals surface area contributed by atoms with Gasteiger partial charge in [-0.05, 0) is 0 Å². The summed E-state index contributed by atoms with van der Waals surface area (Å²) in [4.78, 5) is 8.13. The van der Waals surface area contributed by atoms with Crippen LogP contribution in [0.3, 0.4) is 0 Å². The SMILES string of the molecule is CNc1nccc(OC2CNC2)n1. The Morgan fingerprint density at radius 2 is 2.46 bits per heavy atom. The van der Waals surface area contributed by atoms with E-state index in [1.807, 2.05) is 0 Å². The number of nitrogens with one attached hydrogen (secondary N) is 2. The second-order valence-electron chi connectivity index (χ2n) is 2.87. The van der Waals surface area contributed by atoms with Crippen molar-refractivity contribution < 1.29 is 4.74 Å². The van der Waals surface area contributed by atoms with Crippen LogP contribution in [0, 0.1) is 0 Å². The summed E-state index contributed by atoms with van der Waals surface area (Å²) in [5.41, 5.74) is 0. The fourth-order valence-electron chi connectivity index (χ4n) is 1.04. The Kier molecular flexibility index (Phi) is 2.27. The Labute approximate surface area is 76.5 Å². The number of hydrogen-bond acceptors (Lipinski definition) is 5. The Bertz CT molecular complexity index is 287. The van der Waals surface area contributed by atoms with Gasteiger partial charge in [-0.15, -0.1) is 0 Å². The zero-order valence-electron chi connectivity index (χ0n) is 7.45. The molecule has 1 aliphatic rings. The number of aromatic nitrogens is 2. The van der Waals surface area contributed by atoms with Gasteiger partial charge in [0.1, 0.15) is 6.10 Å². The molecule has 0 atom stereocenters. The van der Waals surface area contributed by atoms with Gasteiger partial charge in [-0.2, -0.15) is 4.98 Å². The van der Waals surface area contributed by atoms with Crippen LogP contribution in [0.2, 0.25) is 0 Å². The highest BCUT2D eigenvalue weighted by Crippen LogP contribution is 2.11. The van der Waals surface area contributed by atoms with E-state index >= 15 is 0 Å². The lowest BCUT2D eigenvalue weighted by Gasteiger charge is -2.27. The Balaban J connectivity index is 2.01. The van der Waals surface area contributed by atoms with Crippen LogP contribution < -0.4 is 15.4 Å². The van der Waals surface area contributed by atoms with Crippen LogP contribution >= 0.6 is 0 Å². The third kappa shape index (κ3) is 1.86. The molecule has 1 aromatic rings. The summed E-state index contributed by atoms with van der Waals surface area (Å²) in [5.74, 6) is 1.22. The molecule has 0 amide bonds. The van der Waals surface area contributed by atoms with E-state index in [1.165, 1.54) is 0 Å². The number of hydrogen-bond donors (Lipinski definition) is 2. The predicted octanol–water partition coefficient (Wildman–Crippen LogP) is -0.131. The molecule has 0 radical (unpaired) electrons. The molecular weight excluding hydrogens is 168 g/mol. The van der Waals surface area contributed by atoms with Crippen LogP contribution in [0.5, 0.6) is 5.88 Å². The van der Waals surface area contributed by atoms with Gasteiger partial charge < -0.3 is 15.4 Å². The summed E-state index contributed by atoms with van der Waals surface area (Å²) < 4.78 is 5.54. The number of ether oxygens (including phenoxy) is 1. The minimum absolute atomic E-state index is 0.264. The lowest BCUT2D eigenvalue weighted by atomic mass is 10.2. The largest absolute Gasteiger partial charge is 0.472 e. The number of nitrogens with zero attached hydrogens (tertiary/aromatic N) is 2. The van der Waals surface area contributed by atoms with E-state index < -0.39 is 0 Å². The molecule has 5 nitrogen and oxygen atoms in total. The van der Waals surface area contributed by atoms with Gasteiger partial charge in [0.25, 0.3) is 0 Å². The third-order valence-corrected chi connectivity index (χ3v) is 1.89. The molecule has 0 aromatic carbocycles. The van der Waals surface area contributed by atoms with E-state index in [2.05, 4.69) is 20.6 Å². The first-order valence-electron chi connectivity index (χ1n) is 4.26. The van der Waals surface area contributed by atoms with E-state index in [-0.39, 0.29) is 6.10 Å². The molecule has 1 aliphatic heterocycles. The van der Waals surface area contributed by atoms with Crippen molar-refractivity contribution in [2.45, 2.75) is 6.10 Å². The van der Waals surface area contributed by atoms with Crippen molar-refractivity contribution in [1.82, 2.24) is 15.3 Å². The van der Waals surface area contributed by atoms with Crippen molar-refractivity contribution >= 4 is 5.95 Å². The molecule has 2 N–H and O–H groups in total. The fourth-order valence-corrected chi connectivity index (χ4v) is 1.04. The molecule has 0 unspecified atom stereocenters. The maximum absolute atomic E-state index is 5.54. The smallest absolute Gasteiger partial charge is 0.225 e. The van der Waals surface area contributed by atoms with Gasteiger partial charge in [-0.1, -0.05) is 0 Å². The molecule has 1 saturated heterocycles. The van der Waals surface area contributed by atoms with E-state index in [9.17, 15) is 0 Å². The van der Waals surface area contributed by atoms with E-state index in [0.717, 1.165) is 13.1 Å². The summed E-state index contributed by atoms with van der Waals surface area (Å²) in [6, 6.07) is 1.76. The zero-order valence-corrected chi connectivity index (χ0v) is 7.45. The van der Waals surface area contributed by atoms with E-state index in [0.29, 0.717) is 11.8 Å². The van der Waals surface area contributed by atoms with Gasteiger partial charge >= 0.3 is 0 Å². The van der Waals surface area contributed by atoms with Crippen molar-refractivity contribution in [1.29, 1.82) is 0 Å². The van der Waals surface area contributed by atoms with Crippen LogP contribution in [0.4, 0.5) is 5.95 Å². The molecule has 2 heterocycles. The van der Waals surface area contributed by atoms with Crippen LogP contribution in [0.1, 0.15) is 0 Å². The summed E-state index contributed by atoms with van der Waals surface area (Å²) in [6.45, 7) is 1.80. The molecule has 0 aliphatic carbocycles. The highest BCUT2D eigenvalue weighted by molar-refractivity contribution is 5.26. The Hall–Kier alpha value is -1.36. The van der Waals surface area contributed by atoms with Crippen molar-refractivity contribution in [3.8, 4) is 5.88 Å². The molecule has 0 bridgehead atoms. The van der Waals surface area contributed by atoms with Gasteiger partial charge in [0, 0.05) is 32.4 Å². The first-order valence-corrected chi connectivity index (χ1v) is 4.26. The zero-order chi connectivity index (χ0) is 9.10. The second-order valence-corrected chi connectivity index (χ2v) is 2.87. The van der Waals surface area contributed by atoms with Gasteiger partial charge in [0.05, 0.1) is 0 Å². The van der Waals surface area contributed by atoms with Crippen molar-refractivity contribution in [3.63, 3.8) is 0 Å². The van der Waals surface area contributed by atoms with E-state index in [4.69, 9.17) is 4.74 Å². The Morgan fingerprint density at radius 1 is 1.62 bits per heavy atom. The fraction of sp³-hybridized carbons (Fsp3) is 0.500. The molecule has 0 spiro atoms. The minimum Gasteiger partial charge on any atom is -0.472 e. The molecular formula is C8H12N4O. The van der Waals surface area contributed by atoms with Crippen LogP contribution in [-0.4, -0.2) is 36.2 Å².